The highest BCUT2D eigenvalue weighted by Gasteiger charge is 2.16. The van der Waals surface area contributed by atoms with E-state index >= 15 is 0 Å². The summed E-state index contributed by atoms with van der Waals surface area (Å²) in [5.74, 6) is 0.470. The number of aryl methyl sites for hydroxylation is 1. The van der Waals surface area contributed by atoms with Crippen LogP contribution in [0.25, 0.3) is 50.3 Å². The number of amides is 1. The van der Waals surface area contributed by atoms with Crippen LogP contribution < -0.4 is 5.32 Å². The summed E-state index contributed by atoms with van der Waals surface area (Å²) in [7, 11) is 0. The number of H-pyrrole nitrogens is 2. The van der Waals surface area contributed by atoms with Gasteiger partial charge in [0, 0.05) is 29.3 Å². The monoisotopic (exact) mass is 477 g/mol. The molecule has 0 aliphatic heterocycles. The highest BCUT2D eigenvalue weighted by atomic mass is 16.1. The number of imidazole rings is 2. The Morgan fingerprint density at radius 1 is 1.03 bits per heavy atom. The summed E-state index contributed by atoms with van der Waals surface area (Å²) in [5.41, 5.74) is 7.41. The van der Waals surface area contributed by atoms with Crippen LogP contribution in [-0.2, 0) is 4.79 Å². The zero-order valence-electron chi connectivity index (χ0n) is 19.9. The Morgan fingerprint density at radius 2 is 1.89 bits per heavy atom. The molecule has 1 amide bonds. The number of hydrogen-bond acceptors (Lipinski definition) is 6. The van der Waals surface area contributed by atoms with E-state index in [0.717, 1.165) is 44.4 Å². The number of carbonyl (C=O) groups is 1. The molecule has 6 rings (SSSR count). The van der Waals surface area contributed by atoms with Gasteiger partial charge in [-0.05, 0) is 30.7 Å². The second-order valence-corrected chi connectivity index (χ2v) is 9.00. The molecule has 0 spiro atoms. The van der Waals surface area contributed by atoms with Gasteiger partial charge >= 0.3 is 0 Å². The normalized spacial score (nSPS) is 11.6. The number of aromatic nitrogens is 8. The number of nitrogens with one attached hydrogen (secondary N) is 3. The van der Waals surface area contributed by atoms with Crippen LogP contribution in [-0.4, -0.2) is 45.6 Å². The van der Waals surface area contributed by atoms with E-state index in [4.69, 9.17) is 4.98 Å². The molecule has 0 saturated carbocycles. The highest BCUT2D eigenvalue weighted by molar-refractivity contribution is 5.97. The number of carbonyl (C=O) groups excluding carboxylic acids is 1. The Kier molecular flexibility index (Phi) is 5.06. The van der Waals surface area contributed by atoms with E-state index in [0.29, 0.717) is 17.2 Å². The maximum absolute atomic E-state index is 12.1. The first-order chi connectivity index (χ1) is 17.5. The number of benzene rings is 1. The Bertz CT molecular complexity index is 1740. The summed E-state index contributed by atoms with van der Waals surface area (Å²) in [6.07, 6.45) is 10.6. The summed E-state index contributed by atoms with van der Waals surface area (Å²) in [6, 6.07) is 7.94. The summed E-state index contributed by atoms with van der Waals surface area (Å²) in [6.45, 7) is 5.65. The van der Waals surface area contributed by atoms with E-state index < -0.39 is 0 Å². The molecule has 6 aromatic rings. The van der Waals surface area contributed by atoms with Crippen molar-refractivity contribution in [3.63, 3.8) is 0 Å². The molecule has 5 heterocycles. The average Bonchev–Trinajstić information content (AvgIpc) is 3.61. The van der Waals surface area contributed by atoms with E-state index in [-0.39, 0.29) is 11.8 Å². The van der Waals surface area contributed by atoms with Gasteiger partial charge in [0.25, 0.3) is 0 Å². The third-order valence-electron chi connectivity index (χ3n) is 6.02. The number of nitrogens with zero attached hydrogens (tertiary/aromatic N) is 6. The average molecular weight is 478 g/mol. The van der Waals surface area contributed by atoms with Crippen LogP contribution in [0.5, 0.6) is 0 Å². The molecule has 0 aliphatic carbocycles. The molecule has 10 nitrogen and oxygen atoms in total. The highest BCUT2D eigenvalue weighted by Crippen LogP contribution is 2.31. The minimum absolute atomic E-state index is 0.0499. The lowest BCUT2D eigenvalue weighted by Gasteiger charge is -2.09. The fourth-order valence-corrected chi connectivity index (χ4v) is 4.10. The minimum Gasteiger partial charge on any atom is -0.335 e. The molecule has 0 aliphatic rings. The van der Waals surface area contributed by atoms with Gasteiger partial charge in [-0.25, -0.2) is 9.97 Å². The van der Waals surface area contributed by atoms with Crippen LogP contribution in [0, 0.1) is 12.8 Å². The van der Waals surface area contributed by atoms with Gasteiger partial charge in [0.05, 0.1) is 53.0 Å². The second-order valence-electron chi connectivity index (χ2n) is 9.00. The van der Waals surface area contributed by atoms with Gasteiger partial charge in [0.2, 0.25) is 5.91 Å². The summed E-state index contributed by atoms with van der Waals surface area (Å²) in [4.78, 5) is 33.3. The third kappa shape index (κ3) is 3.78. The number of hydrogen-bond donors (Lipinski definition) is 3. The molecule has 0 atom stereocenters. The molecule has 0 saturated heterocycles. The first kappa shape index (κ1) is 21.7. The predicted octanol–water partition coefficient (Wildman–Crippen LogP) is 4.65. The van der Waals surface area contributed by atoms with Crippen LogP contribution in [0.2, 0.25) is 0 Å². The summed E-state index contributed by atoms with van der Waals surface area (Å²) >= 11 is 0. The molecule has 36 heavy (non-hydrogen) atoms. The van der Waals surface area contributed by atoms with Crippen molar-refractivity contribution in [1.82, 2.24) is 39.7 Å². The van der Waals surface area contributed by atoms with Gasteiger partial charge in [0.1, 0.15) is 11.2 Å². The van der Waals surface area contributed by atoms with Gasteiger partial charge in [0.15, 0.2) is 5.82 Å². The Balaban J connectivity index is 1.41. The van der Waals surface area contributed by atoms with Crippen molar-refractivity contribution in [3.8, 4) is 28.3 Å². The van der Waals surface area contributed by atoms with Crippen LogP contribution in [0.15, 0.2) is 61.6 Å². The SMILES string of the molecule is Cc1cn(-c2cncc3[nH]c(-c4n[nH]c5ccc(-c6cncc(NC(=O)C(C)C)c6)cc45)nc23)cn1. The molecule has 3 N–H and O–H groups in total. The molecular weight excluding hydrogens is 454 g/mol. The van der Waals surface area contributed by atoms with Crippen molar-refractivity contribution in [2.45, 2.75) is 20.8 Å². The fraction of sp³-hybridized carbons (Fsp3) is 0.154. The van der Waals surface area contributed by atoms with Crippen LogP contribution >= 0.6 is 0 Å². The van der Waals surface area contributed by atoms with Gasteiger partial charge in [-0.2, -0.15) is 5.10 Å². The topological polar surface area (TPSA) is 130 Å². The smallest absolute Gasteiger partial charge is 0.226 e. The zero-order valence-corrected chi connectivity index (χ0v) is 19.9. The number of anilines is 1. The van der Waals surface area contributed by atoms with Crippen molar-refractivity contribution in [1.29, 1.82) is 0 Å². The Morgan fingerprint density at radius 3 is 2.69 bits per heavy atom. The summed E-state index contributed by atoms with van der Waals surface area (Å²) < 4.78 is 1.91. The summed E-state index contributed by atoms with van der Waals surface area (Å²) in [5, 5.41) is 11.5. The zero-order chi connectivity index (χ0) is 24.8. The number of fused-ring (bicyclic) bond motifs is 2. The molecule has 5 aromatic heterocycles. The molecule has 0 radical (unpaired) electrons. The van der Waals surface area contributed by atoms with Crippen LogP contribution in [0.4, 0.5) is 5.69 Å². The number of rotatable bonds is 5. The Labute approximate surface area is 205 Å². The van der Waals surface area contributed by atoms with Gasteiger partial charge in [-0.3, -0.25) is 19.9 Å². The van der Waals surface area contributed by atoms with E-state index in [1.54, 1.807) is 31.1 Å². The lowest BCUT2D eigenvalue weighted by atomic mass is 10.0. The molecular formula is C26H23N9O. The first-order valence-electron chi connectivity index (χ1n) is 11.6. The van der Waals surface area contributed by atoms with E-state index in [9.17, 15) is 4.79 Å². The van der Waals surface area contributed by atoms with Gasteiger partial charge < -0.3 is 14.9 Å². The van der Waals surface area contributed by atoms with Gasteiger partial charge in [-0.1, -0.05) is 19.9 Å². The molecule has 0 fully saturated rings. The molecule has 10 heteroatoms. The number of pyridine rings is 2. The molecule has 0 bridgehead atoms. The van der Waals surface area contributed by atoms with Crippen molar-refractivity contribution >= 4 is 33.5 Å². The first-order valence-corrected chi connectivity index (χ1v) is 11.6. The van der Waals surface area contributed by atoms with Crippen LogP contribution in [0.1, 0.15) is 19.5 Å². The van der Waals surface area contributed by atoms with E-state index in [2.05, 4.69) is 35.5 Å². The predicted molar refractivity (Wildman–Crippen MR) is 138 cm³/mol. The maximum atomic E-state index is 12.1. The van der Waals surface area contributed by atoms with E-state index in [1.807, 2.05) is 55.8 Å². The molecule has 0 unspecified atom stereocenters. The molecule has 1 aromatic carbocycles. The van der Waals surface area contributed by atoms with Crippen molar-refractivity contribution in [3.05, 3.63) is 67.3 Å². The second kappa shape index (κ2) is 8.42. The van der Waals surface area contributed by atoms with Crippen molar-refractivity contribution < 1.29 is 4.79 Å². The van der Waals surface area contributed by atoms with Crippen molar-refractivity contribution in [2.24, 2.45) is 5.92 Å². The quantitative estimate of drug-likeness (QED) is 0.331. The van der Waals surface area contributed by atoms with Crippen LogP contribution in [0.3, 0.4) is 0 Å². The van der Waals surface area contributed by atoms with Crippen molar-refractivity contribution in [2.75, 3.05) is 5.32 Å². The standard InChI is InChI=1S/C26H23N9O/c1-14(2)26(36)30-18-6-17(8-27-9-18)16-4-5-20-19(7-16)23(34-33-20)25-31-21-10-28-11-22(24(21)32-25)35-12-15(3)29-13-35/h4-14H,1-3H3,(H,30,36)(H,31,32)(H,33,34). The Hall–Kier alpha value is -4.86. The fourth-order valence-electron chi connectivity index (χ4n) is 4.10. The van der Waals surface area contributed by atoms with E-state index in [1.165, 1.54) is 0 Å². The largest absolute Gasteiger partial charge is 0.335 e. The van der Waals surface area contributed by atoms with Gasteiger partial charge in [-0.15, -0.1) is 0 Å². The minimum atomic E-state index is -0.115. The maximum Gasteiger partial charge on any atom is 0.226 e. The lowest BCUT2D eigenvalue weighted by molar-refractivity contribution is -0.118. The lowest BCUT2D eigenvalue weighted by Crippen LogP contribution is -2.17. The third-order valence-corrected chi connectivity index (χ3v) is 6.02. The number of aromatic amines is 2. The molecule has 178 valence electrons.